The Hall–Kier alpha value is -2.77. The van der Waals surface area contributed by atoms with Gasteiger partial charge in [0.05, 0.1) is 11.6 Å². The van der Waals surface area contributed by atoms with E-state index < -0.39 is 0 Å². The molecule has 1 aliphatic heterocycles. The Kier molecular flexibility index (Phi) is 3.29. The number of aryl methyl sites for hydroxylation is 2. The molecule has 3 aromatic heterocycles. The van der Waals surface area contributed by atoms with Crippen molar-refractivity contribution >= 4 is 22.7 Å². The smallest absolute Gasteiger partial charge is 0.160 e. The molecule has 8 heteroatoms. The van der Waals surface area contributed by atoms with Crippen LogP contribution in [0.25, 0.3) is 11.0 Å². The summed E-state index contributed by atoms with van der Waals surface area (Å²) in [5.74, 6) is 2.77. The number of hydrogen-bond donors (Lipinski definition) is 1. The highest BCUT2D eigenvalue weighted by Gasteiger charge is 2.21. The molecule has 1 saturated heterocycles. The Morgan fingerprint density at radius 3 is 2.57 bits per heavy atom. The Morgan fingerprint density at radius 1 is 1.00 bits per heavy atom. The molecule has 0 aromatic carbocycles. The number of H-pyrrole nitrogens is 1. The number of nitrogens with one attached hydrogen (secondary N) is 1. The van der Waals surface area contributed by atoms with E-state index in [1.165, 1.54) is 0 Å². The number of aromatic amines is 1. The van der Waals surface area contributed by atoms with Gasteiger partial charge in [0.1, 0.15) is 23.8 Å². The van der Waals surface area contributed by atoms with Crippen LogP contribution < -0.4 is 9.80 Å². The zero-order valence-corrected chi connectivity index (χ0v) is 13.2. The molecule has 0 unspecified atom stereocenters. The fourth-order valence-corrected chi connectivity index (χ4v) is 3.01. The van der Waals surface area contributed by atoms with Crippen molar-refractivity contribution in [2.24, 2.45) is 0 Å². The molecule has 118 valence electrons. The maximum atomic E-state index is 4.55. The Labute approximate surface area is 133 Å². The first-order chi connectivity index (χ1) is 11.2. The van der Waals surface area contributed by atoms with Gasteiger partial charge in [-0.2, -0.15) is 5.10 Å². The molecule has 3 aromatic rings. The molecular weight excluding hydrogens is 292 g/mol. The van der Waals surface area contributed by atoms with E-state index in [0.29, 0.717) is 0 Å². The van der Waals surface area contributed by atoms with Crippen LogP contribution in [0.15, 0.2) is 18.6 Å². The molecule has 4 heterocycles. The molecule has 4 rings (SSSR count). The minimum atomic E-state index is 0.777. The van der Waals surface area contributed by atoms with Crippen LogP contribution in [0.3, 0.4) is 0 Å². The van der Waals surface area contributed by atoms with E-state index >= 15 is 0 Å². The van der Waals surface area contributed by atoms with Crippen LogP contribution in [-0.4, -0.2) is 56.3 Å². The van der Waals surface area contributed by atoms with Gasteiger partial charge in [0.25, 0.3) is 0 Å². The molecule has 0 spiro atoms. The van der Waals surface area contributed by atoms with Crippen molar-refractivity contribution in [1.29, 1.82) is 0 Å². The van der Waals surface area contributed by atoms with Crippen molar-refractivity contribution in [3.05, 3.63) is 30.1 Å². The van der Waals surface area contributed by atoms with Gasteiger partial charge in [-0.3, -0.25) is 5.10 Å². The molecule has 0 atom stereocenters. The fraction of sp³-hybridized carbons (Fsp3) is 0.400. The second kappa shape index (κ2) is 5.45. The van der Waals surface area contributed by atoms with Crippen molar-refractivity contribution in [1.82, 2.24) is 30.1 Å². The topological polar surface area (TPSA) is 86.7 Å². The third kappa shape index (κ3) is 2.56. The van der Waals surface area contributed by atoms with Crippen LogP contribution >= 0.6 is 0 Å². The fourth-order valence-electron chi connectivity index (χ4n) is 3.01. The molecule has 0 radical (unpaired) electrons. The first-order valence-corrected chi connectivity index (χ1v) is 7.67. The van der Waals surface area contributed by atoms with Crippen LogP contribution in [0.2, 0.25) is 0 Å². The standard InChI is InChI=1S/C15H18N8/c1-10-7-13(20-11(2)19-10)22-3-5-23(6-4-22)15-12-8-18-21-14(12)16-9-17-15/h7-9H,3-6H2,1-2H3,(H,16,17,18,21). The molecule has 0 aliphatic carbocycles. The lowest BCUT2D eigenvalue weighted by molar-refractivity contribution is 0.641. The van der Waals surface area contributed by atoms with E-state index in [4.69, 9.17) is 0 Å². The van der Waals surface area contributed by atoms with E-state index in [-0.39, 0.29) is 0 Å². The van der Waals surface area contributed by atoms with Gasteiger partial charge in [-0.15, -0.1) is 0 Å². The average Bonchev–Trinajstić information content (AvgIpc) is 3.02. The lowest BCUT2D eigenvalue weighted by Gasteiger charge is -2.36. The van der Waals surface area contributed by atoms with E-state index in [1.807, 2.05) is 19.9 Å². The van der Waals surface area contributed by atoms with E-state index in [2.05, 4.69) is 39.9 Å². The quantitative estimate of drug-likeness (QED) is 0.758. The molecule has 1 aliphatic rings. The van der Waals surface area contributed by atoms with Gasteiger partial charge in [0.2, 0.25) is 0 Å². The monoisotopic (exact) mass is 310 g/mol. The summed E-state index contributed by atoms with van der Waals surface area (Å²) in [5.41, 5.74) is 1.78. The lowest BCUT2D eigenvalue weighted by atomic mass is 10.2. The third-order valence-corrected chi connectivity index (χ3v) is 4.08. The van der Waals surface area contributed by atoms with Crippen molar-refractivity contribution in [3.8, 4) is 0 Å². The summed E-state index contributed by atoms with van der Waals surface area (Å²) < 4.78 is 0. The first-order valence-electron chi connectivity index (χ1n) is 7.67. The molecule has 0 bridgehead atoms. The highest BCUT2D eigenvalue weighted by atomic mass is 15.3. The molecule has 0 saturated carbocycles. The first kappa shape index (κ1) is 13.9. The maximum Gasteiger partial charge on any atom is 0.160 e. The van der Waals surface area contributed by atoms with Gasteiger partial charge in [-0.1, -0.05) is 0 Å². The largest absolute Gasteiger partial charge is 0.353 e. The zero-order chi connectivity index (χ0) is 15.8. The summed E-state index contributed by atoms with van der Waals surface area (Å²) >= 11 is 0. The van der Waals surface area contributed by atoms with Gasteiger partial charge in [-0.05, 0) is 13.8 Å². The highest BCUT2D eigenvalue weighted by Crippen LogP contribution is 2.23. The normalized spacial score (nSPS) is 15.4. The molecule has 1 fully saturated rings. The predicted molar refractivity (Wildman–Crippen MR) is 87.6 cm³/mol. The van der Waals surface area contributed by atoms with Crippen molar-refractivity contribution in [3.63, 3.8) is 0 Å². The van der Waals surface area contributed by atoms with Crippen molar-refractivity contribution in [2.45, 2.75) is 13.8 Å². The van der Waals surface area contributed by atoms with Gasteiger partial charge < -0.3 is 9.80 Å². The van der Waals surface area contributed by atoms with Crippen molar-refractivity contribution in [2.75, 3.05) is 36.0 Å². The molecule has 8 nitrogen and oxygen atoms in total. The molecule has 0 amide bonds. The number of hydrogen-bond acceptors (Lipinski definition) is 7. The Balaban J connectivity index is 1.54. The second-order valence-corrected chi connectivity index (χ2v) is 5.72. The number of fused-ring (bicyclic) bond motifs is 1. The SMILES string of the molecule is Cc1cc(N2CCN(c3ncnc4[nH]ncc34)CC2)nc(C)n1. The van der Waals surface area contributed by atoms with E-state index in [9.17, 15) is 0 Å². The third-order valence-electron chi connectivity index (χ3n) is 4.08. The zero-order valence-electron chi connectivity index (χ0n) is 13.2. The van der Waals surface area contributed by atoms with Gasteiger partial charge in [0, 0.05) is 37.9 Å². The van der Waals surface area contributed by atoms with Crippen molar-refractivity contribution < 1.29 is 0 Å². The molecule has 23 heavy (non-hydrogen) atoms. The average molecular weight is 310 g/mol. The predicted octanol–water partition coefficient (Wildman–Crippen LogP) is 1.09. The van der Waals surface area contributed by atoms with Crippen LogP contribution in [0, 0.1) is 13.8 Å². The molecule has 1 N–H and O–H groups in total. The number of aromatic nitrogens is 6. The van der Waals surface area contributed by atoms with Gasteiger partial charge in [-0.25, -0.2) is 19.9 Å². The van der Waals surface area contributed by atoms with Crippen LogP contribution in [0.5, 0.6) is 0 Å². The van der Waals surface area contributed by atoms with Crippen LogP contribution in [0.4, 0.5) is 11.6 Å². The Bertz CT molecular complexity index is 814. The second-order valence-electron chi connectivity index (χ2n) is 5.72. The number of anilines is 2. The highest BCUT2D eigenvalue weighted by molar-refractivity contribution is 5.86. The summed E-state index contributed by atoms with van der Waals surface area (Å²) in [7, 11) is 0. The summed E-state index contributed by atoms with van der Waals surface area (Å²) in [5, 5.41) is 7.92. The summed E-state index contributed by atoms with van der Waals surface area (Å²) in [6.45, 7) is 7.52. The summed E-state index contributed by atoms with van der Waals surface area (Å²) in [6.07, 6.45) is 3.37. The van der Waals surface area contributed by atoms with Crippen LogP contribution in [-0.2, 0) is 0 Å². The minimum absolute atomic E-state index is 0.777. The number of piperazine rings is 1. The van der Waals surface area contributed by atoms with E-state index in [1.54, 1.807) is 12.5 Å². The summed E-state index contributed by atoms with van der Waals surface area (Å²) in [4.78, 5) is 22.1. The number of nitrogens with zero attached hydrogens (tertiary/aromatic N) is 7. The lowest BCUT2D eigenvalue weighted by Crippen LogP contribution is -2.47. The minimum Gasteiger partial charge on any atom is -0.353 e. The summed E-state index contributed by atoms with van der Waals surface area (Å²) in [6, 6.07) is 2.04. The van der Waals surface area contributed by atoms with E-state index in [0.717, 1.165) is 60.4 Å². The van der Waals surface area contributed by atoms with Gasteiger partial charge in [0.15, 0.2) is 5.65 Å². The number of rotatable bonds is 2. The van der Waals surface area contributed by atoms with Gasteiger partial charge >= 0.3 is 0 Å². The Morgan fingerprint density at radius 2 is 1.78 bits per heavy atom. The van der Waals surface area contributed by atoms with Crippen LogP contribution in [0.1, 0.15) is 11.5 Å². The molecular formula is C15H18N8. The maximum absolute atomic E-state index is 4.55.